The van der Waals surface area contributed by atoms with Gasteiger partial charge in [-0.3, -0.25) is 0 Å². The molecule has 2 heterocycles. The molecule has 0 N–H and O–H groups in total. The van der Waals surface area contributed by atoms with E-state index in [1.54, 1.807) is 0 Å². The molecule has 2 heteroatoms. The third-order valence-electron chi connectivity index (χ3n) is 5.62. The average molecular weight is 351 g/mol. The highest BCUT2D eigenvalue weighted by atomic mass is 32.1. The molecule has 4 aromatic rings. The number of fused-ring (bicyclic) bond motifs is 5. The molecule has 2 aromatic carbocycles. The van der Waals surface area contributed by atoms with Crippen LogP contribution in [0.3, 0.4) is 0 Å². The Hall–Kier alpha value is -1.38. The topological polar surface area (TPSA) is 0 Å². The predicted molar refractivity (Wildman–Crippen MR) is 110 cm³/mol. The van der Waals surface area contributed by atoms with Gasteiger partial charge in [0.15, 0.2) is 0 Å². The summed E-state index contributed by atoms with van der Waals surface area (Å²) in [7, 11) is 0. The number of hydrogen-bond acceptors (Lipinski definition) is 2. The first-order valence-electron chi connectivity index (χ1n) is 9.21. The molecule has 2 aromatic heterocycles. The van der Waals surface area contributed by atoms with Crippen LogP contribution in [0.5, 0.6) is 0 Å². The van der Waals surface area contributed by atoms with E-state index in [0.717, 1.165) is 5.92 Å². The van der Waals surface area contributed by atoms with Crippen molar-refractivity contribution in [1.29, 1.82) is 0 Å². The van der Waals surface area contributed by atoms with Crippen molar-refractivity contribution < 1.29 is 0 Å². The Balaban J connectivity index is 1.47. The van der Waals surface area contributed by atoms with Gasteiger partial charge in [0, 0.05) is 20.2 Å². The Morgan fingerprint density at radius 3 is 2.42 bits per heavy atom. The van der Waals surface area contributed by atoms with Gasteiger partial charge in [0.2, 0.25) is 0 Å². The molecule has 1 aliphatic rings. The number of thiophene rings is 2. The molecule has 1 aliphatic carbocycles. The minimum Gasteiger partial charge on any atom is -0.134 e. The van der Waals surface area contributed by atoms with Crippen LogP contribution in [0.25, 0.3) is 29.6 Å². The van der Waals surface area contributed by atoms with Gasteiger partial charge in [0.1, 0.15) is 0 Å². The Kier molecular flexibility index (Phi) is 3.83. The largest absolute Gasteiger partial charge is 0.134 e. The van der Waals surface area contributed by atoms with Crippen LogP contribution in [-0.4, -0.2) is 0 Å². The molecule has 0 atom stereocenters. The molecule has 5 rings (SSSR count). The zero-order chi connectivity index (χ0) is 15.9. The van der Waals surface area contributed by atoms with Crippen LogP contribution in [0.2, 0.25) is 0 Å². The first-order valence-corrected chi connectivity index (χ1v) is 10.8. The second kappa shape index (κ2) is 6.16. The van der Waals surface area contributed by atoms with Gasteiger partial charge in [-0.1, -0.05) is 62.4 Å². The summed E-state index contributed by atoms with van der Waals surface area (Å²) >= 11 is 3.93. The van der Waals surface area contributed by atoms with Crippen LogP contribution in [0, 0.1) is 5.92 Å². The quantitative estimate of drug-likeness (QED) is 0.354. The van der Waals surface area contributed by atoms with Crippen LogP contribution in [-0.2, 0) is 6.42 Å². The van der Waals surface area contributed by atoms with Crippen molar-refractivity contribution >= 4 is 52.2 Å². The fourth-order valence-corrected chi connectivity index (χ4v) is 6.97. The molecule has 0 radical (unpaired) electrons. The summed E-state index contributed by atoms with van der Waals surface area (Å²) in [5.41, 5.74) is 1.53. The maximum absolute atomic E-state index is 2.46. The minimum atomic E-state index is 0.977. The molecule has 0 spiro atoms. The molecule has 0 bridgehead atoms. The fraction of sp³-hybridized carbons (Fsp3) is 0.364. The van der Waals surface area contributed by atoms with Gasteiger partial charge < -0.3 is 0 Å². The summed E-state index contributed by atoms with van der Waals surface area (Å²) in [4.78, 5) is 0. The summed E-state index contributed by atoms with van der Waals surface area (Å²) < 4.78 is 5.86. The van der Waals surface area contributed by atoms with Crippen LogP contribution in [0.15, 0.2) is 42.5 Å². The Morgan fingerprint density at radius 1 is 0.792 bits per heavy atom. The van der Waals surface area contributed by atoms with Crippen molar-refractivity contribution in [1.82, 2.24) is 0 Å². The normalized spacial score (nSPS) is 16.5. The van der Waals surface area contributed by atoms with Crippen molar-refractivity contribution in [2.24, 2.45) is 5.92 Å². The highest BCUT2D eigenvalue weighted by Gasteiger charge is 2.15. The van der Waals surface area contributed by atoms with Gasteiger partial charge in [-0.25, -0.2) is 0 Å². The molecule has 0 saturated heterocycles. The van der Waals surface area contributed by atoms with E-state index in [4.69, 9.17) is 0 Å². The number of rotatable bonds is 3. The molecule has 0 unspecified atom stereocenters. The maximum Gasteiger partial charge on any atom is 0.0542 e. The summed E-state index contributed by atoms with van der Waals surface area (Å²) in [5, 5.41) is 2.89. The fourth-order valence-electron chi connectivity index (χ4n) is 4.25. The van der Waals surface area contributed by atoms with E-state index in [2.05, 4.69) is 42.5 Å². The van der Waals surface area contributed by atoms with Crippen molar-refractivity contribution in [3.63, 3.8) is 0 Å². The Morgan fingerprint density at radius 2 is 1.54 bits per heavy atom. The van der Waals surface area contributed by atoms with Crippen molar-refractivity contribution in [2.45, 2.75) is 44.9 Å². The van der Waals surface area contributed by atoms with E-state index < -0.39 is 0 Å². The van der Waals surface area contributed by atoms with Crippen LogP contribution in [0.4, 0.5) is 0 Å². The van der Waals surface area contributed by atoms with Gasteiger partial charge in [0.25, 0.3) is 0 Å². The molecular weight excluding hydrogens is 328 g/mol. The van der Waals surface area contributed by atoms with E-state index in [9.17, 15) is 0 Å². The van der Waals surface area contributed by atoms with E-state index in [1.807, 2.05) is 22.7 Å². The second-order valence-electron chi connectivity index (χ2n) is 7.23. The maximum atomic E-state index is 2.46. The zero-order valence-corrected chi connectivity index (χ0v) is 15.5. The van der Waals surface area contributed by atoms with Crippen molar-refractivity contribution in [3.8, 4) is 0 Å². The molecule has 1 saturated carbocycles. The van der Waals surface area contributed by atoms with Crippen LogP contribution < -0.4 is 0 Å². The first-order chi connectivity index (χ1) is 11.9. The minimum absolute atomic E-state index is 0.977. The average Bonchev–Trinajstić information content (AvgIpc) is 3.16. The summed E-state index contributed by atoms with van der Waals surface area (Å²) in [6.45, 7) is 0. The summed E-state index contributed by atoms with van der Waals surface area (Å²) in [6.07, 6.45) is 9.94. The second-order valence-corrected chi connectivity index (χ2v) is 9.34. The Labute approximate surface area is 151 Å². The molecule has 0 amide bonds. The van der Waals surface area contributed by atoms with Crippen molar-refractivity contribution in [3.05, 3.63) is 48.0 Å². The smallest absolute Gasteiger partial charge is 0.0542 e. The van der Waals surface area contributed by atoms with Gasteiger partial charge in [0.05, 0.1) is 9.40 Å². The van der Waals surface area contributed by atoms with Crippen LogP contribution >= 0.6 is 22.7 Å². The van der Waals surface area contributed by atoms with E-state index in [-0.39, 0.29) is 0 Å². The SMILES string of the molecule is c1ccc2c(c1)sc1c3ccc(CCC4CCCCC4)cc3sc21. The third kappa shape index (κ3) is 2.57. The standard InChI is InChI=1S/C22H22S2/c1-2-6-15(7-3-1)10-11-16-12-13-18-20(14-16)24-21-17-8-4-5-9-19(17)23-22(18)21/h4-5,8-9,12-15H,1-3,6-7,10-11H2. The molecule has 0 aliphatic heterocycles. The van der Waals surface area contributed by atoms with Gasteiger partial charge in [-0.05, 0) is 36.5 Å². The number of benzene rings is 2. The highest BCUT2D eigenvalue weighted by molar-refractivity contribution is 7.36. The number of aryl methyl sites for hydroxylation is 1. The monoisotopic (exact) mass is 350 g/mol. The van der Waals surface area contributed by atoms with E-state index >= 15 is 0 Å². The lowest BCUT2D eigenvalue weighted by atomic mass is 9.85. The molecule has 0 nitrogen and oxygen atoms in total. The van der Waals surface area contributed by atoms with Gasteiger partial charge >= 0.3 is 0 Å². The highest BCUT2D eigenvalue weighted by Crippen LogP contribution is 2.44. The predicted octanol–water partition coefficient (Wildman–Crippen LogP) is 7.78. The lowest BCUT2D eigenvalue weighted by Gasteiger charge is -2.21. The molecule has 24 heavy (non-hydrogen) atoms. The number of hydrogen-bond donors (Lipinski definition) is 0. The van der Waals surface area contributed by atoms with Gasteiger partial charge in [-0.2, -0.15) is 0 Å². The van der Waals surface area contributed by atoms with Crippen LogP contribution in [0.1, 0.15) is 44.1 Å². The lowest BCUT2D eigenvalue weighted by Crippen LogP contribution is -2.07. The van der Waals surface area contributed by atoms with E-state index in [1.165, 1.54) is 80.1 Å². The summed E-state index contributed by atoms with van der Waals surface area (Å²) in [6, 6.07) is 16.0. The molecule has 1 fully saturated rings. The molecular formula is C22H22S2. The zero-order valence-electron chi connectivity index (χ0n) is 13.9. The van der Waals surface area contributed by atoms with E-state index in [0.29, 0.717) is 0 Å². The third-order valence-corrected chi connectivity index (χ3v) is 8.14. The molecule has 122 valence electrons. The Bertz CT molecular complexity index is 999. The van der Waals surface area contributed by atoms with Crippen molar-refractivity contribution in [2.75, 3.05) is 0 Å². The summed E-state index contributed by atoms with van der Waals surface area (Å²) in [5.74, 6) is 0.977. The lowest BCUT2D eigenvalue weighted by molar-refractivity contribution is 0.339. The first kappa shape index (κ1) is 14.9. The van der Waals surface area contributed by atoms with Gasteiger partial charge in [-0.15, -0.1) is 22.7 Å².